The molecule has 0 spiro atoms. The second-order valence-electron chi connectivity index (χ2n) is 4.25. The van der Waals surface area contributed by atoms with E-state index in [1.54, 1.807) is 11.8 Å². The fourth-order valence-electron chi connectivity index (χ4n) is 1.98. The van der Waals surface area contributed by atoms with Crippen molar-refractivity contribution < 1.29 is 4.74 Å². The van der Waals surface area contributed by atoms with Crippen molar-refractivity contribution in [3.63, 3.8) is 0 Å². The molecular formula is C16H19NOS. The lowest BCUT2D eigenvalue weighted by Crippen LogP contribution is -2.13. The Kier molecular flexibility index (Phi) is 5.31. The molecule has 0 radical (unpaired) electrons. The number of ether oxygens (including phenoxy) is 1. The van der Waals surface area contributed by atoms with Crippen LogP contribution in [0, 0.1) is 0 Å². The fraction of sp³-hybridized carbons (Fsp3) is 0.250. The minimum absolute atomic E-state index is 0.0134. The first-order chi connectivity index (χ1) is 9.35. The number of hydrogen-bond acceptors (Lipinski definition) is 3. The summed E-state index contributed by atoms with van der Waals surface area (Å²) in [5.74, 6) is 0.928. The molecule has 2 aromatic carbocycles. The van der Waals surface area contributed by atoms with Gasteiger partial charge in [0, 0.05) is 11.3 Å². The van der Waals surface area contributed by atoms with Crippen LogP contribution in [-0.4, -0.2) is 12.8 Å². The lowest BCUT2D eigenvalue weighted by molar-refractivity contribution is 0.193. The molecule has 0 amide bonds. The van der Waals surface area contributed by atoms with Gasteiger partial charge < -0.3 is 10.5 Å². The van der Waals surface area contributed by atoms with Gasteiger partial charge in [-0.1, -0.05) is 42.5 Å². The first-order valence-corrected chi connectivity index (χ1v) is 7.62. The first kappa shape index (κ1) is 14.0. The highest BCUT2D eigenvalue weighted by atomic mass is 32.2. The molecular weight excluding hydrogens is 254 g/mol. The molecule has 0 saturated heterocycles. The first-order valence-electron chi connectivity index (χ1n) is 6.40. The second-order valence-corrected chi connectivity index (χ2v) is 5.09. The topological polar surface area (TPSA) is 35.2 Å². The molecule has 2 N–H and O–H groups in total. The van der Waals surface area contributed by atoms with Gasteiger partial charge in [-0.25, -0.2) is 0 Å². The number of para-hydroxylation sites is 1. The van der Waals surface area contributed by atoms with Gasteiger partial charge in [0.25, 0.3) is 0 Å². The molecule has 0 heterocycles. The average Bonchev–Trinajstić information content (AvgIpc) is 2.48. The third kappa shape index (κ3) is 3.75. The third-order valence-corrected chi connectivity index (χ3v) is 3.72. The van der Waals surface area contributed by atoms with Crippen LogP contribution >= 0.6 is 11.8 Å². The molecule has 2 nitrogen and oxygen atoms in total. The van der Waals surface area contributed by atoms with Crippen LogP contribution in [0.3, 0.4) is 0 Å². The van der Waals surface area contributed by atoms with Gasteiger partial charge in [0.15, 0.2) is 0 Å². The van der Waals surface area contributed by atoms with Crippen LogP contribution in [0.4, 0.5) is 0 Å². The van der Waals surface area contributed by atoms with Crippen LogP contribution in [0.15, 0.2) is 59.5 Å². The smallest absolute Gasteiger partial charge is 0.133 e. The van der Waals surface area contributed by atoms with E-state index in [1.165, 1.54) is 5.56 Å². The minimum Gasteiger partial charge on any atom is -0.485 e. The molecule has 19 heavy (non-hydrogen) atoms. The number of thioether (sulfide) groups is 1. The Hall–Kier alpha value is -1.45. The van der Waals surface area contributed by atoms with Crippen LogP contribution < -0.4 is 10.5 Å². The van der Waals surface area contributed by atoms with E-state index in [0.29, 0.717) is 6.54 Å². The fourth-order valence-corrected chi connectivity index (χ4v) is 2.51. The zero-order chi connectivity index (χ0) is 13.5. The average molecular weight is 273 g/mol. The predicted octanol–water partition coefficient (Wildman–Crippen LogP) is 3.88. The maximum atomic E-state index is 6.16. The van der Waals surface area contributed by atoms with Gasteiger partial charge in [0.2, 0.25) is 0 Å². The molecule has 0 aliphatic carbocycles. The number of rotatable bonds is 6. The van der Waals surface area contributed by atoms with Crippen molar-refractivity contribution in [2.24, 2.45) is 5.73 Å². The predicted molar refractivity (Wildman–Crippen MR) is 81.7 cm³/mol. The quantitative estimate of drug-likeness (QED) is 0.811. The van der Waals surface area contributed by atoms with E-state index >= 15 is 0 Å². The summed E-state index contributed by atoms with van der Waals surface area (Å²) >= 11 is 1.69. The van der Waals surface area contributed by atoms with Crippen LogP contribution in [0.5, 0.6) is 5.75 Å². The molecule has 0 saturated carbocycles. The van der Waals surface area contributed by atoms with Crippen molar-refractivity contribution in [1.29, 1.82) is 0 Å². The molecule has 3 heteroatoms. The molecule has 0 aliphatic rings. The lowest BCUT2D eigenvalue weighted by atomic mass is 10.1. The highest BCUT2D eigenvalue weighted by Crippen LogP contribution is 2.32. The van der Waals surface area contributed by atoms with Crippen LogP contribution in [-0.2, 0) is 0 Å². The molecule has 1 atom stereocenters. The van der Waals surface area contributed by atoms with Crippen molar-refractivity contribution >= 4 is 11.8 Å². The molecule has 1 unspecified atom stereocenters. The van der Waals surface area contributed by atoms with Gasteiger partial charge >= 0.3 is 0 Å². The monoisotopic (exact) mass is 273 g/mol. The summed E-state index contributed by atoms with van der Waals surface area (Å²) in [5, 5.41) is 0. The van der Waals surface area contributed by atoms with E-state index in [-0.39, 0.29) is 6.10 Å². The van der Waals surface area contributed by atoms with E-state index < -0.39 is 0 Å². The Morgan fingerprint density at radius 2 is 1.74 bits per heavy atom. The highest BCUT2D eigenvalue weighted by Gasteiger charge is 2.13. The summed E-state index contributed by atoms with van der Waals surface area (Å²) in [6.07, 6.45) is 2.88. The summed E-state index contributed by atoms with van der Waals surface area (Å²) < 4.78 is 6.16. The Labute approximate surface area is 119 Å². The van der Waals surface area contributed by atoms with Crippen LogP contribution in [0.2, 0.25) is 0 Å². The maximum Gasteiger partial charge on any atom is 0.133 e. The van der Waals surface area contributed by atoms with Gasteiger partial charge in [-0.15, -0.1) is 11.8 Å². The molecule has 0 bridgehead atoms. The largest absolute Gasteiger partial charge is 0.485 e. The highest BCUT2D eigenvalue weighted by molar-refractivity contribution is 7.98. The zero-order valence-corrected chi connectivity index (χ0v) is 11.9. The summed E-state index contributed by atoms with van der Waals surface area (Å²) in [4.78, 5) is 1.15. The molecule has 0 fully saturated rings. The zero-order valence-electron chi connectivity index (χ0n) is 11.1. The van der Waals surface area contributed by atoms with Crippen molar-refractivity contribution in [1.82, 2.24) is 0 Å². The van der Waals surface area contributed by atoms with Crippen molar-refractivity contribution in [2.75, 3.05) is 12.8 Å². The Morgan fingerprint density at radius 1 is 1.05 bits per heavy atom. The Morgan fingerprint density at radius 3 is 2.42 bits per heavy atom. The summed E-state index contributed by atoms with van der Waals surface area (Å²) in [6, 6.07) is 18.4. The third-order valence-electron chi connectivity index (χ3n) is 2.94. The van der Waals surface area contributed by atoms with E-state index in [2.05, 4.69) is 24.5 Å². The van der Waals surface area contributed by atoms with Gasteiger partial charge in [-0.05, 0) is 30.5 Å². The van der Waals surface area contributed by atoms with Crippen molar-refractivity contribution in [3.8, 4) is 5.75 Å². The molecule has 0 aromatic heterocycles. The van der Waals surface area contributed by atoms with Crippen LogP contribution in [0.1, 0.15) is 18.1 Å². The standard InChI is InChI=1S/C16H19NOS/c1-19-16-10-6-5-9-15(16)18-14(11-12-17)13-7-3-2-4-8-13/h2-10,14H,11-12,17H2,1H3. The number of nitrogens with two attached hydrogens (primary N) is 1. The van der Waals surface area contributed by atoms with Gasteiger partial charge in [0.1, 0.15) is 11.9 Å². The number of hydrogen-bond donors (Lipinski definition) is 1. The van der Waals surface area contributed by atoms with E-state index in [4.69, 9.17) is 10.5 Å². The molecule has 2 aromatic rings. The van der Waals surface area contributed by atoms with Gasteiger partial charge in [0.05, 0.1) is 0 Å². The Bertz CT molecular complexity index is 501. The molecule has 2 rings (SSSR count). The maximum absolute atomic E-state index is 6.16. The Balaban J connectivity index is 2.21. The normalized spacial score (nSPS) is 12.1. The van der Waals surface area contributed by atoms with Crippen molar-refractivity contribution in [2.45, 2.75) is 17.4 Å². The lowest BCUT2D eigenvalue weighted by Gasteiger charge is -2.20. The SMILES string of the molecule is CSc1ccccc1OC(CCN)c1ccccc1. The molecule has 0 aliphatic heterocycles. The molecule has 100 valence electrons. The summed E-state index contributed by atoms with van der Waals surface area (Å²) in [6.45, 7) is 0.612. The van der Waals surface area contributed by atoms with E-state index in [9.17, 15) is 0 Å². The number of benzene rings is 2. The van der Waals surface area contributed by atoms with Gasteiger partial charge in [-0.2, -0.15) is 0 Å². The van der Waals surface area contributed by atoms with E-state index in [1.807, 2.05) is 36.4 Å². The van der Waals surface area contributed by atoms with Gasteiger partial charge in [-0.3, -0.25) is 0 Å². The van der Waals surface area contributed by atoms with E-state index in [0.717, 1.165) is 17.1 Å². The minimum atomic E-state index is 0.0134. The summed E-state index contributed by atoms with van der Waals surface area (Å²) in [5.41, 5.74) is 6.88. The van der Waals surface area contributed by atoms with Crippen LogP contribution in [0.25, 0.3) is 0 Å². The second kappa shape index (κ2) is 7.22. The van der Waals surface area contributed by atoms with Crippen molar-refractivity contribution in [3.05, 3.63) is 60.2 Å². The summed E-state index contributed by atoms with van der Waals surface area (Å²) in [7, 11) is 0.